The van der Waals surface area contributed by atoms with Crippen LogP contribution in [-0.4, -0.2) is 56.3 Å². The van der Waals surface area contributed by atoms with E-state index in [1.807, 2.05) is 11.1 Å². The largest absolute Gasteiger partial charge is 0.417 e. The van der Waals surface area contributed by atoms with Crippen LogP contribution in [0.3, 0.4) is 0 Å². The van der Waals surface area contributed by atoms with Crippen LogP contribution in [0.2, 0.25) is 0 Å². The topological polar surface area (TPSA) is 107 Å². The summed E-state index contributed by atoms with van der Waals surface area (Å²) >= 11 is 0. The summed E-state index contributed by atoms with van der Waals surface area (Å²) in [6.07, 6.45) is 3.71. The number of likely N-dealkylation sites (tertiary alicyclic amines) is 1. The quantitative estimate of drug-likeness (QED) is 0.456. The van der Waals surface area contributed by atoms with Crippen molar-refractivity contribution in [2.24, 2.45) is 0 Å². The molecule has 0 bridgehead atoms. The Morgan fingerprint density at radius 3 is 2.81 bits per heavy atom. The first-order valence-corrected chi connectivity index (χ1v) is 12.3. The molecule has 36 heavy (non-hydrogen) atoms. The maximum Gasteiger partial charge on any atom is 0.417 e. The molecule has 2 aromatic heterocycles. The molecule has 9 heteroatoms. The fraction of sp³-hybridized carbons (Fsp3) is 0.333. The monoisotopic (exact) mass is 484 g/mol. The van der Waals surface area contributed by atoms with E-state index >= 15 is 0 Å². The van der Waals surface area contributed by atoms with Crippen LogP contribution in [0, 0.1) is 13.8 Å². The molecule has 1 atom stereocenters. The van der Waals surface area contributed by atoms with Crippen molar-refractivity contribution in [3.05, 3.63) is 81.1 Å². The zero-order valence-corrected chi connectivity index (χ0v) is 20.4. The number of nitrogens with zero attached hydrogens (tertiary/aromatic N) is 4. The van der Waals surface area contributed by atoms with E-state index in [9.17, 15) is 9.59 Å². The Morgan fingerprint density at radius 1 is 1.14 bits per heavy atom. The predicted octanol–water partition coefficient (Wildman–Crippen LogP) is 3.54. The first-order valence-electron chi connectivity index (χ1n) is 12.3. The second kappa shape index (κ2) is 8.91. The number of anilines is 2. The minimum Gasteiger partial charge on any atom is -0.408 e. The minimum absolute atomic E-state index is 0.0360. The predicted molar refractivity (Wildman–Crippen MR) is 136 cm³/mol. The maximum atomic E-state index is 13.1. The molecule has 1 unspecified atom stereocenters. The van der Waals surface area contributed by atoms with Gasteiger partial charge in [0.2, 0.25) is 5.95 Å². The molecule has 1 fully saturated rings. The number of H-pyrrole nitrogens is 1. The fourth-order valence-corrected chi connectivity index (χ4v) is 5.37. The normalized spacial score (nSPS) is 17.9. The second-order valence-corrected chi connectivity index (χ2v) is 9.81. The molecule has 0 aliphatic carbocycles. The van der Waals surface area contributed by atoms with E-state index in [1.54, 1.807) is 18.2 Å². The Kier molecular flexibility index (Phi) is 5.56. The molecule has 184 valence electrons. The highest BCUT2D eigenvalue weighted by Crippen LogP contribution is 2.26. The summed E-state index contributed by atoms with van der Waals surface area (Å²) in [4.78, 5) is 40.8. The molecule has 0 saturated carbocycles. The van der Waals surface area contributed by atoms with Crippen LogP contribution in [0.4, 0.5) is 11.6 Å². The number of aromatic amines is 1. The number of rotatable bonds is 4. The van der Waals surface area contributed by atoms with Crippen molar-refractivity contribution in [1.82, 2.24) is 24.8 Å². The number of carbonyl (C=O) groups is 1. The summed E-state index contributed by atoms with van der Waals surface area (Å²) < 4.78 is 5.12. The van der Waals surface area contributed by atoms with Crippen molar-refractivity contribution in [1.29, 1.82) is 0 Å². The van der Waals surface area contributed by atoms with Gasteiger partial charge >= 0.3 is 5.76 Å². The molecule has 2 aliphatic heterocycles. The van der Waals surface area contributed by atoms with E-state index in [2.05, 4.69) is 52.2 Å². The van der Waals surface area contributed by atoms with Crippen molar-refractivity contribution in [2.45, 2.75) is 39.3 Å². The van der Waals surface area contributed by atoms with Crippen LogP contribution in [0.15, 0.2) is 51.8 Å². The number of nitrogens with one attached hydrogen (secondary N) is 2. The van der Waals surface area contributed by atoms with E-state index in [1.165, 1.54) is 11.1 Å². The Labute approximate surface area is 208 Å². The number of hydrogen-bond donors (Lipinski definition) is 2. The van der Waals surface area contributed by atoms with Gasteiger partial charge in [0.05, 0.1) is 11.2 Å². The van der Waals surface area contributed by atoms with Crippen molar-refractivity contribution < 1.29 is 9.21 Å². The molecular weight excluding hydrogens is 456 g/mol. The molecule has 2 aromatic carbocycles. The highest BCUT2D eigenvalue weighted by molar-refractivity contribution is 5.97. The van der Waals surface area contributed by atoms with Gasteiger partial charge in [-0.1, -0.05) is 6.07 Å². The third-order valence-corrected chi connectivity index (χ3v) is 7.08. The fourth-order valence-electron chi connectivity index (χ4n) is 5.37. The van der Waals surface area contributed by atoms with Crippen molar-refractivity contribution in [3.8, 4) is 0 Å². The van der Waals surface area contributed by atoms with Gasteiger partial charge in [0, 0.05) is 61.7 Å². The van der Waals surface area contributed by atoms with Crippen LogP contribution in [-0.2, 0) is 13.0 Å². The number of benzene rings is 2. The first-order chi connectivity index (χ1) is 17.4. The number of aromatic nitrogens is 3. The molecule has 2 aliphatic rings. The molecule has 0 radical (unpaired) electrons. The van der Waals surface area contributed by atoms with Gasteiger partial charge in [-0.05, 0) is 61.7 Å². The van der Waals surface area contributed by atoms with E-state index in [0.29, 0.717) is 41.7 Å². The van der Waals surface area contributed by atoms with Gasteiger partial charge in [-0.15, -0.1) is 0 Å². The zero-order chi connectivity index (χ0) is 24.8. The molecule has 6 rings (SSSR count). The summed E-state index contributed by atoms with van der Waals surface area (Å²) in [6, 6.07) is 11.7. The van der Waals surface area contributed by atoms with E-state index in [-0.39, 0.29) is 5.91 Å². The Bertz CT molecular complexity index is 1500. The number of aryl methyl sites for hydroxylation is 2. The molecule has 1 amide bonds. The number of fused-ring (bicyclic) bond motifs is 2. The Balaban J connectivity index is 1.11. The lowest BCUT2D eigenvalue weighted by molar-refractivity contribution is 0.0773. The van der Waals surface area contributed by atoms with Crippen LogP contribution in [0.25, 0.3) is 11.1 Å². The summed E-state index contributed by atoms with van der Waals surface area (Å²) in [6.45, 7) is 7.23. The first kappa shape index (κ1) is 22.5. The number of amides is 1. The van der Waals surface area contributed by atoms with Gasteiger partial charge < -0.3 is 14.6 Å². The van der Waals surface area contributed by atoms with Crippen molar-refractivity contribution in [2.75, 3.05) is 25.0 Å². The van der Waals surface area contributed by atoms with Crippen LogP contribution >= 0.6 is 0 Å². The van der Waals surface area contributed by atoms with Crippen LogP contribution in [0.5, 0.6) is 0 Å². The standard InChI is InChI=1S/C27H28N6O3/c1-16-9-17(2)11-20(10-16)29-26-28-13-19-14-32(8-6-22(19)30-26)21-5-7-33(15-21)25(34)18-3-4-23-24(12-18)36-27(35)31-23/h3-4,9-13,21H,5-8,14-15H2,1-2H3,(H,31,35)(H,28,29,30). The SMILES string of the molecule is Cc1cc(C)cc(Nc2ncc3c(n2)CCN(C2CCN(C(=O)c4ccc5[nH]c(=O)oc5c4)C2)C3)c1. The average molecular weight is 485 g/mol. The molecule has 2 N–H and O–H groups in total. The second-order valence-electron chi connectivity index (χ2n) is 9.81. The lowest BCUT2D eigenvalue weighted by atomic mass is 10.0. The van der Waals surface area contributed by atoms with Gasteiger partial charge in [-0.2, -0.15) is 0 Å². The van der Waals surface area contributed by atoms with Gasteiger partial charge in [0.1, 0.15) is 0 Å². The molecular formula is C27H28N6O3. The van der Waals surface area contributed by atoms with Gasteiger partial charge in [0.25, 0.3) is 5.91 Å². The lowest BCUT2D eigenvalue weighted by Gasteiger charge is -2.33. The van der Waals surface area contributed by atoms with E-state index < -0.39 is 5.76 Å². The Morgan fingerprint density at radius 2 is 1.97 bits per heavy atom. The van der Waals surface area contributed by atoms with Gasteiger partial charge in [0.15, 0.2) is 5.58 Å². The number of hydrogen-bond acceptors (Lipinski definition) is 7. The zero-order valence-electron chi connectivity index (χ0n) is 20.4. The van der Waals surface area contributed by atoms with E-state index in [4.69, 9.17) is 9.40 Å². The Hall–Kier alpha value is -3.98. The third kappa shape index (κ3) is 4.37. The maximum absolute atomic E-state index is 13.1. The average Bonchev–Trinajstić information content (AvgIpc) is 3.48. The summed E-state index contributed by atoms with van der Waals surface area (Å²) in [5.74, 6) is 0.0736. The molecule has 9 nitrogen and oxygen atoms in total. The molecule has 0 spiro atoms. The van der Waals surface area contributed by atoms with Crippen LogP contribution < -0.4 is 11.1 Å². The van der Waals surface area contributed by atoms with Crippen molar-refractivity contribution >= 4 is 28.6 Å². The van der Waals surface area contributed by atoms with Crippen molar-refractivity contribution in [3.63, 3.8) is 0 Å². The van der Waals surface area contributed by atoms with Gasteiger partial charge in [-0.25, -0.2) is 14.8 Å². The summed E-state index contributed by atoms with van der Waals surface area (Å²) in [5, 5.41) is 3.34. The minimum atomic E-state index is -0.515. The van der Waals surface area contributed by atoms with E-state index in [0.717, 1.165) is 42.9 Å². The van der Waals surface area contributed by atoms with Gasteiger partial charge in [-0.3, -0.25) is 14.7 Å². The highest BCUT2D eigenvalue weighted by atomic mass is 16.4. The summed E-state index contributed by atoms with van der Waals surface area (Å²) in [7, 11) is 0. The van der Waals surface area contributed by atoms with Crippen LogP contribution in [0.1, 0.15) is 39.2 Å². The number of carbonyl (C=O) groups excluding carboxylic acids is 1. The highest BCUT2D eigenvalue weighted by Gasteiger charge is 2.33. The molecule has 1 saturated heterocycles. The third-order valence-electron chi connectivity index (χ3n) is 7.08. The molecule has 4 heterocycles. The number of oxazole rings is 1. The summed E-state index contributed by atoms with van der Waals surface area (Å²) in [5.41, 5.74) is 7.16. The molecule has 4 aromatic rings. The lowest BCUT2D eigenvalue weighted by Crippen LogP contribution is -2.42. The smallest absolute Gasteiger partial charge is 0.408 e.